The van der Waals surface area contributed by atoms with Crippen molar-refractivity contribution in [2.24, 2.45) is 0 Å². The number of thiophene rings is 1. The first-order chi connectivity index (χ1) is 7.34. The summed E-state index contributed by atoms with van der Waals surface area (Å²) < 4.78 is 6.32. The maximum Gasteiger partial charge on any atom is 0.0697 e. The van der Waals surface area contributed by atoms with Crippen LogP contribution in [0, 0.1) is 0 Å². The number of halogens is 1. The van der Waals surface area contributed by atoms with E-state index in [2.05, 4.69) is 32.7 Å². The summed E-state index contributed by atoms with van der Waals surface area (Å²) in [5.41, 5.74) is 0. The second-order valence-electron chi connectivity index (χ2n) is 3.06. The molecule has 0 aliphatic carbocycles. The van der Waals surface area contributed by atoms with Crippen LogP contribution in [0.15, 0.2) is 15.9 Å². The van der Waals surface area contributed by atoms with E-state index in [4.69, 9.17) is 9.84 Å². The minimum Gasteiger partial charge on any atom is -0.394 e. The minimum absolute atomic E-state index is 0.107. The Bertz CT molecular complexity index is 268. The van der Waals surface area contributed by atoms with Gasteiger partial charge in [-0.3, -0.25) is 0 Å². The molecule has 86 valence electrons. The second-order valence-corrected chi connectivity index (χ2v) is 4.91. The fourth-order valence-corrected chi connectivity index (χ4v) is 2.58. The minimum atomic E-state index is 0.107. The predicted molar refractivity (Wildman–Crippen MR) is 66.2 cm³/mol. The number of aliphatic hydroxyl groups is 1. The molecule has 0 aliphatic heterocycles. The van der Waals surface area contributed by atoms with Crippen LogP contribution in [0.2, 0.25) is 0 Å². The summed E-state index contributed by atoms with van der Waals surface area (Å²) in [6, 6.07) is 2.06. The van der Waals surface area contributed by atoms with Crippen LogP contribution < -0.4 is 5.32 Å². The van der Waals surface area contributed by atoms with E-state index in [1.54, 1.807) is 11.3 Å². The van der Waals surface area contributed by atoms with Gasteiger partial charge in [0.15, 0.2) is 0 Å². The van der Waals surface area contributed by atoms with Crippen molar-refractivity contribution in [3.63, 3.8) is 0 Å². The van der Waals surface area contributed by atoms with Crippen molar-refractivity contribution >= 4 is 27.3 Å². The number of ether oxygens (including phenoxy) is 1. The topological polar surface area (TPSA) is 41.5 Å². The van der Waals surface area contributed by atoms with Crippen molar-refractivity contribution in [2.45, 2.75) is 13.0 Å². The molecule has 3 nitrogen and oxygen atoms in total. The van der Waals surface area contributed by atoms with E-state index >= 15 is 0 Å². The van der Waals surface area contributed by atoms with Crippen LogP contribution in [0.4, 0.5) is 0 Å². The third-order valence-corrected chi connectivity index (χ3v) is 3.78. The number of rotatable bonds is 8. The third kappa shape index (κ3) is 5.63. The quantitative estimate of drug-likeness (QED) is 0.721. The Kier molecular flexibility index (Phi) is 7.21. The molecule has 0 aromatic carbocycles. The van der Waals surface area contributed by atoms with Gasteiger partial charge >= 0.3 is 0 Å². The molecule has 0 aliphatic rings. The van der Waals surface area contributed by atoms with E-state index in [0.29, 0.717) is 13.2 Å². The van der Waals surface area contributed by atoms with Gasteiger partial charge in [-0.05, 0) is 40.3 Å². The Hall–Kier alpha value is 0.0600. The van der Waals surface area contributed by atoms with Crippen molar-refractivity contribution in [2.75, 3.05) is 26.4 Å². The maximum atomic E-state index is 8.48. The molecule has 0 fully saturated rings. The van der Waals surface area contributed by atoms with Gasteiger partial charge in [0.1, 0.15) is 0 Å². The molecule has 1 rings (SSSR count). The zero-order valence-electron chi connectivity index (χ0n) is 8.54. The standard InChI is InChI=1S/C10H16BrNO2S/c11-9-2-7-15-10(9)8-12-3-1-5-14-6-4-13/h2,7,12-13H,1,3-6,8H2. The molecule has 0 atom stereocenters. The smallest absolute Gasteiger partial charge is 0.0697 e. The van der Waals surface area contributed by atoms with E-state index in [9.17, 15) is 0 Å². The Balaban J connectivity index is 1.96. The molecule has 0 saturated heterocycles. The van der Waals surface area contributed by atoms with Crippen LogP contribution in [0.25, 0.3) is 0 Å². The average molecular weight is 294 g/mol. The van der Waals surface area contributed by atoms with Crippen LogP contribution >= 0.6 is 27.3 Å². The van der Waals surface area contributed by atoms with Gasteiger partial charge in [0.2, 0.25) is 0 Å². The van der Waals surface area contributed by atoms with Gasteiger partial charge < -0.3 is 15.2 Å². The molecule has 5 heteroatoms. The highest BCUT2D eigenvalue weighted by Gasteiger charge is 1.99. The van der Waals surface area contributed by atoms with Crippen molar-refractivity contribution in [3.05, 3.63) is 20.8 Å². The molecule has 1 aromatic heterocycles. The summed E-state index contributed by atoms with van der Waals surface area (Å²) in [6.45, 7) is 3.10. The van der Waals surface area contributed by atoms with Crippen molar-refractivity contribution in [3.8, 4) is 0 Å². The lowest BCUT2D eigenvalue weighted by Crippen LogP contribution is -2.16. The summed E-state index contributed by atoms with van der Waals surface area (Å²) >= 11 is 5.24. The first kappa shape index (κ1) is 13.1. The fourth-order valence-electron chi connectivity index (χ4n) is 1.12. The SMILES string of the molecule is OCCOCCCNCc1sccc1Br. The molecule has 0 unspecified atom stereocenters. The zero-order valence-corrected chi connectivity index (χ0v) is 10.9. The van der Waals surface area contributed by atoms with E-state index in [1.807, 2.05) is 0 Å². The maximum absolute atomic E-state index is 8.48. The molecular formula is C10H16BrNO2S. The van der Waals surface area contributed by atoms with Crippen LogP contribution in [-0.4, -0.2) is 31.5 Å². The molecule has 15 heavy (non-hydrogen) atoms. The van der Waals surface area contributed by atoms with Crippen molar-refractivity contribution in [1.29, 1.82) is 0 Å². The lowest BCUT2D eigenvalue weighted by atomic mass is 10.4. The summed E-state index contributed by atoms with van der Waals surface area (Å²) in [5.74, 6) is 0. The molecule has 1 aromatic rings. The van der Waals surface area contributed by atoms with Crippen LogP contribution in [0.1, 0.15) is 11.3 Å². The third-order valence-electron chi connectivity index (χ3n) is 1.85. The monoisotopic (exact) mass is 293 g/mol. The molecule has 0 spiro atoms. The van der Waals surface area contributed by atoms with E-state index in [-0.39, 0.29) is 6.61 Å². The number of nitrogens with one attached hydrogen (secondary N) is 1. The van der Waals surface area contributed by atoms with E-state index < -0.39 is 0 Å². The van der Waals surface area contributed by atoms with E-state index in [0.717, 1.165) is 19.5 Å². The van der Waals surface area contributed by atoms with Crippen molar-refractivity contribution < 1.29 is 9.84 Å². The summed E-state index contributed by atoms with van der Waals surface area (Å²) in [5, 5.41) is 13.9. The molecule has 0 radical (unpaired) electrons. The van der Waals surface area contributed by atoms with E-state index in [1.165, 1.54) is 9.35 Å². The lowest BCUT2D eigenvalue weighted by Gasteiger charge is -2.04. The Labute approximate surface area is 103 Å². The average Bonchev–Trinajstić information content (AvgIpc) is 2.63. The molecule has 0 saturated carbocycles. The lowest BCUT2D eigenvalue weighted by molar-refractivity contribution is 0.0907. The zero-order chi connectivity index (χ0) is 10.9. The number of aliphatic hydroxyl groups excluding tert-OH is 1. The largest absolute Gasteiger partial charge is 0.394 e. The Morgan fingerprint density at radius 2 is 2.33 bits per heavy atom. The van der Waals surface area contributed by atoms with Gasteiger partial charge in [0, 0.05) is 22.5 Å². The van der Waals surface area contributed by atoms with Crippen LogP contribution in [0.3, 0.4) is 0 Å². The molecule has 1 heterocycles. The first-order valence-electron chi connectivity index (χ1n) is 4.96. The highest BCUT2D eigenvalue weighted by atomic mass is 79.9. The van der Waals surface area contributed by atoms with Gasteiger partial charge in [-0.2, -0.15) is 0 Å². The fraction of sp³-hybridized carbons (Fsp3) is 0.600. The summed E-state index contributed by atoms with van der Waals surface area (Å²) in [7, 11) is 0. The molecule has 2 N–H and O–H groups in total. The van der Waals surface area contributed by atoms with Gasteiger partial charge in [0.25, 0.3) is 0 Å². The summed E-state index contributed by atoms with van der Waals surface area (Å²) in [4.78, 5) is 1.33. The molecular weight excluding hydrogens is 278 g/mol. The first-order valence-corrected chi connectivity index (χ1v) is 6.63. The van der Waals surface area contributed by atoms with Crippen molar-refractivity contribution in [1.82, 2.24) is 5.32 Å². The molecule has 0 bridgehead atoms. The second kappa shape index (κ2) is 8.24. The summed E-state index contributed by atoms with van der Waals surface area (Å²) in [6.07, 6.45) is 0.975. The van der Waals surface area contributed by atoms with Gasteiger partial charge in [-0.25, -0.2) is 0 Å². The Morgan fingerprint density at radius 1 is 1.47 bits per heavy atom. The predicted octanol–water partition coefficient (Wildman–Crippen LogP) is 2.00. The van der Waals surface area contributed by atoms with Crippen LogP contribution in [0.5, 0.6) is 0 Å². The van der Waals surface area contributed by atoms with Gasteiger partial charge in [-0.15, -0.1) is 11.3 Å². The highest BCUT2D eigenvalue weighted by molar-refractivity contribution is 9.10. The number of hydrogen-bond acceptors (Lipinski definition) is 4. The van der Waals surface area contributed by atoms with Gasteiger partial charge in [-0.1, -0.05) is 0 Å². The van der Waals surface area contributed by atoms with Gasteiger partial charge in [0.05, 0.1) is 13.2 Å². The highest BCUT2D eigenvalue weighted by Crippen LogP contribution is 2.21. The molecule has 0 amide bonds. The number of hydrogen-bond donors (Lipinski definition) is 2. The normalized spacial score (nSPS) is 10.8. The Morgan fingerprint density at radius 3 is 3.00 bits per heavy atom. The van der Waals surface area contributed by atoms with Crippen LogP contribution in [-0.2, 0) is 11.3 Å².